The van der Waals surface area contributed by atoms with Gasteiger partial charge >= 0.3 is 0 Å². The molecule has 1 aliphatic carbocycles. The summed E-state index contributed by atoms with van der Waals surface area (Å²) in [6, 6.07) is 8.23. The van der Waals surface area contributed by atoms with Gasteiger partial charge in [-0.05, 0) is 29.4 Å². The molecule has 0 bridgehead atoms. The van der Waals surface area contributed by atoms with Gasteiger partial charge in [-0.25, -0.2) is 0 Å². The van der Waals surface area contributed by atoms with Crippen molar-refractivity contribution in [3.8, 4) is 0 Å². The van der Waals surface area contributed by atoms with Crippen molar-refractivity contribution in [3.63, 3.8) is 0 Å². The third kappa shape index (κ3) is 1.65. The zero-order valence-corrected chi connectivity index (χ0v) is 10.7. The maximum atomic E-state index is 11.2. The van der Waals surface area contributed by atoms with Gasteiger partial charge in [0.15, 0.2) is 0 Å². The van der Waals surface area contributed by atoms with Crippen LogP contribution < -0.4 is 0 Å². The van der Waals surface area contributed by atoms with E-state index in [1.165, 1.54) is 5.56 Å². The second-order valence-electron chi connectivity index (χ2n) is 4.91. The number of carbonyl (C=O) groups is 1. The number of hydrogen-bond donors (Lipinski definition) is 0. The Morgan fingerprint density at radius 1 is 1.20 bits per heavy atom. The molecule has 0 saturated carbocycles. The van der Waals surface area contributed by atoms with Gasteiger partial charge in [-0.1, -0.05) is 54.0 Å². The summed E-state index contributed by atoms with van der Waals surface area (Å²) >= 11 is 3.58. The van der Waals surface area contributed by atoms with Crippen LogP contribution in [0.4, 0.5) is 0 Å². The van der Waals surface area contributed by atoms with Gasteiger partial charge in [0.2, 0.25) is 0 Å². The van der Waals surface area contributed by atoms with E-state index in [1.807, 2.05) is 12.1 Å². The molecule has 1 aromatic carbocycles. The molecule has 0 saturated heterocycles. The molecule has 0 aliphatic heterocycles. The van der Waals surface area contributed by atoms with Crippen LogP contribution in [0.5, 0.6) is 0 Å². The lowest BCUT2D eigenvalue weighted by Gasteiger charge is -2.39. The van der Waals surface area contributed by atoms with Crippen LogP contribution in [0.2, 0.25) is 0 Å². The molecule has 0 heterocycles. The van der Waals surface area contributed by atoms with Crippen LogP contribution in [-0.4, -0.2) is 6.29 Å². The summed E-state index contributed by atoms with van der Waals surface area (Å²) in [4.78, 5) is 11.2. The molecule has 1 nitrogen and oxygen atoms in total. The van der Waals surface area contributed by atoms with Crippen molar-refractivity contribution in [2.75, 3.05) is 0 Å². The van der Waals surface area contributed by atoms with Gasteiger partial charge in [0, 0.05) is 0 Å². The Morgan fingerprint density at radius 3 is 2.40 bits per heavy atom. The molecule has 0 aromatic heterocycles. The Kier molecular flexibility index (Phi) is 2.50. The van der Waals surface area contributed by atoms with E-state index in [1.54, 1.807) is 0 Å². The first-order chi connectivity index (χ1) is 6.99. The highest BCUT2D eigenvalue weighted by Crippen LogP contribution is 2.47. The molecular weight excluding hydrogens is 252 g/mol. The minimum atomic E-state index is -0.459. The van der Waals surface area contributed by atoms with E-state index in [0.29, 0.717) is 0 Å². The zero-order chi connectivity index (χ0) is 11.1. The van der Waals surface area contributed by atoms with Gasteiger partial charge in [-0.15, -0.1) is 0 Å². The van der Waals surface area contributed by atoms with Crippen LogP contribution in [0.3, 0.4) is 0 Å². The third-order valence-corrected chi connectivity index (χ3v) is 4.42. The molecule has 1 aromatic rings. The number of hydrogen-bond acceptors (Lipinski definition) is 1. The fourth-order valence-electron chi connectivity index (χ4n) is 2.32. The van der Waals surface area contributed by atoms with Crippen molar-refractivity contribution in [2.45, 2.75) is 36.4 Å². The lowest BCUT2D eigenvalue weighted by Crippen LogP contribution is -2.34. The molecule has 1 unspecified atom stereocenters. The summed E-state index contributed by atoms with van der Waals surface area (Å²) in [5.41, 5.74) is 2.60. The summed E-state index contributed by atoms with van der Waals surface area (Å²) in [6.45, 7) is 4.48. The predicted molar refractivity (Wildman–Crippen MR) is 65.4 cm³/mol. The van der Waals surface area contributed by atoms with Gasteiger partial charge in [-0.3, -0.25) is 0 Å². The summed E-state index contributed by atoms with van der Waals surface area (Å²) in [7, 11) is 0. The number of alkyl halides is 1. The molecule has 0 N–H and O–H groups in total. The van der Waals surface area contributed by atoms with Gasteiger partial charge < -0.3 is 4.79 Å². The summed E-state index contributed by atoms with van der Waals surface area (Å²) < 4.78 is -0.459. The fraction of sp³-hybridized carbons (Fsp3) is 0.462. The largest absolute Gasteiger partial charge is 0.301 e. The van der Waals surface area contributed by atoms with E-state index in [2.05, 4.69) is 41.9 Å². The third-order valence-electron chi connectivity index (χ3n) is 3.40. The Hall–Kier alpha value is -0.630. The molecule has 15 heavy (non-hydrogen) atoms. The van der Waals surface area contributed by atoms with E-state index in [9.17, 15) is 4.79 Å². The number of aldehydes is 1. The highest BCUT2D eigenvalue weighted by Gasteiger charge is 2.40. The second kappa shape index (κ2) is 3.44. The fourth-order valence-corrected chi connectivity index (χ4v) is 2.87. The number of fused-ring (bicyclic) bond motifs is 1. The Bertz CT molecular complexity index is 397. The second-order valence-corrected chi connectivity index (χ2v) is 6.32. The molecule has 2 heteroatoms. The quantitative estimate of drug-likeness (QED) is 0.561. The van der Waals surface area contributed by atoms with E-state index in [0.717, 1.165) is 24.7 Å². The van der Waals surface area contributed by atoms with Crippen molar-refractivity contribution in [1.82, 2.24) is 0 Å². The lowest BCUT2D eigenvalue weighted by atomic mass is 9.69. The zero-order valence-electron chi connectivity index (χ0n) is 9.09. The average molecular weight is 267 g/mol. The van der Waals surface area contributed by atoms with E-state index >= 15 is 0 Å². The molecule has 1 atom stereocenters. The van der Waals surface area contributed by atoms with Crippen molar-refractivity contribution >= 4 is 22.2 Å². The topological polar surface area (TPSA) is 17.1 Å². The summed E-state index contributed by atoms with van der Waals surface area (Å²) in [6.07, 6.45) is 2.94. The van der Waals surface area contributed by atoms with Gasteiger partial charge in [0.05, 0.1) is 0 Å². The van der Waals surface area contributed by atoms with Gasteiger partial charge in [0.1, 0.15) is 10.6 Å². The van der Waals surface area contributed by atoms with E-state index < -0.39 is 4.32 Å². The van der Waals surface area contributed by atoms with Crippen molar-refractivity contribution < 1.29 is 4.79 Å². The minimum Gasteiger partial charge on any atom is -0.301 e. The van der Waals surface area contributed by atoms with Crippen molar-refractivity contribution in [2.24, 2.45) is 0 Å². The van der Waals surface area contributed by atoms with Crippen molar-refractivity contribution in [1.29, 1.82) is 0 Å². The molecule has 0 spiro atoms. The Morgan fingerprint density at radius 2 is 1.80 bits per heavy atom. The summed E-state index contributed by atoms with van der Waals surface area (Å²) in [5.74, 6) is 0. The van der Waals surface area contributed by atoms with Crippen LogP contribution in [0, 0.1) is 0 Å². The number of halogens is 1. The van der Waals surface area contributed by atoms with Gasteiger partial charge in [-0.2, -0.15) is 0 Å². The molecule has 0 amide bonds. The van der Waals surface area contributed by atoms with Crippen LogP contribution >= 0.6 is 15.9 Å². The number of carbonyl (C=O) groups excluding carboxylic acids is 1. The predicted octanol–water partition coefficient (Wildman–Crippen LogP) is 3.55. The molecule has 0 radical (unpaired) electrons. The first kappa shape index (κ1) is 10.9. The lowest BCUT2D eigenvalue weighted by molar-refractivity contribution is -0.110. The highest BCUT2D eigenvalue weighted by molar-refractivity contribution is 9.10. The minimum absolute atomic E-state index is 0.177. The van der Waals surface area contributed by atoms with Crippen LogP contribution in [-0.2, 0) is 14.5 Å². The highest BCUT2D eigenvalue weighted by atomic mass is 79.9. The van der Waals surface area contributed by atoms with Crippen LogP contribution in [0.15, 0.2) is 24.3 Å². The van der Waals surface area contributed by atoms with E-state index in [-0.39, 0.29) is 5.41 Å². The molecular formula is C13H15BrO. The average Bonchev–Trinajstić information content (AvgIpc) is 2.25. The SMILES string of the molecule is CC1(C)CCC(Br)(C=O)c2ccccc21. The van der Waals surface area contributed by atoms with E-state index in [4.69, 9.17) is 0 Å². The Labute approximate surface area is 99.0 Å². The van der Waals surface area contributed by atoms with Crippen molar-refractivity contribution in [3.05, 3.63) is 35.4 Å². The van der Waals surface area contributed by atoms with Crippen LogP contribution in [0.25, 0.3) is 0 Å². The molecule has 80 valence electrons. The smallest absolute Gasteiger partial charge is 0.141 e. The normalized spacial score (nSPS) is 28.2. The van der Waals surface area contributed by atoms with Gasteiger partial charge in [0.25, 0.3) is 0 Å². The number of rotatable bonds is 1. The Balaban J connectivity index is 2.63. The first-order valence-electron chi connectivity index (χ1n) is 5.25. The monoisotopic (exact) mass is 266 g/mol. The maximum Gasteiger partial charge on any atom is 0.141 e. The summed E-state index contributed by atoms with van der Waals surface area (Å²) in [5, 5.41) is 0. The maximum absolute atomic E-state index is 11.2. The molecule has 2 rings (SSSR count). The first-order valence-corrected chi connectivity index (χ1v) is 6.04. The standard InChI is InChI=1S/C13H15BrO/c1-12(2)7-8-13(14,9-15)11-6-4-3-5-10(11)12/h3-6,9H,7-8H2,1-2H3. The number of benzene rings is 1. The van der Waals surface area contributed by atoms with Crippen LogP contribution in [0.1, 0.15) is 37.8 Å². The molecule has 1 aliphatic rings. The molecule has 0 fully saturated rings.